The number of rotatable bonds is 7. The lowest BCUT2D eigenvalue weighted by atomic mass is 10.1. The summed E-state index contributed by atoms with van der Waals surface area (Å²) in [7, 11) is 1.55. The van der Waals surface area contributed by atoms with Gasteiger partial charge in [-0.25, -0.2) is 4.39 Å². The fourth-order valence-corrected chi connectivity index (χ4v) is 2.78. The predicted molar refractivity (Wildman–Crippen MR) is 99.2 cm³/mol. The minimum absolute atomic E-state index is 0.0943. The highest BCUT2D eigenvalue weighted by Crippen LogP contribution is 2.29. The van der Waals surface area contributed by atoms with Crippen molar-refractivity contribution in [3.63, 3.8) is 0 Å². The third-order valence-corrected chi connectivity index (χ3v) is 4.39. The Morgan fingerprint density at radius 2 is 2.00 bits per heavy atom. The summed E-state index contributed by atoms with van der Waals surface area (Å²) in [6, 6.07) is 11.5. The van der Waals surface area contributed by atoms with Crippen LogP contribution in [0.15, 0.2) is 60.2 Å². The first-order valence-electron chi connectivity index (χ1n) is 7.82. The molecule has 0 N–H and O–H groups in total. The Kier molecular flexibility index (Phi) is 5.76. The maximum atomic E-state index is 12.9. The summed E-state index contributed by atoms with van der Waals surface area (Å²) >= 11 is 1.30. The van der Waals surface area contributed by atoms with Gasteiger partial charge in [-0.15, -0.1) is 11.3 Å². The molecule has 0 radical (unpaired) electrons. The van der Waals surface area contributed by atoms with Crippen molar-refractivity contribution in [3.8, 4) is 11.5 Å². The molecule has 0 aliphatic carbocycles. The number of benzene rings is 2. The first-order valence-corrected chi connectivity index (χ1v) is 8.70. The molecule has 6 heteroatoms. The number of hydrogen-bond acceptors (Lipinski definition) is 5. The van der Waals surface area contributed by atoms with Crippen LogP contribution in [-0.4, -0.2) is 17.9 Å². The summed E-state index contributed by atoms with van der Waals surface area (Å²) in [6.07, 6.45) is 4.76. The second kappa shape index (κ2) is 8.40. The topological polar surface area (TPSA) is 48.4 Å². The Morgan fingerprint density at radius 3 is 2.69 bits per heavy atom. The van der Waals surface area contributed by atoms with Crippen molar-refractivity contribution in [2.75, 3.05) is 7.11 Å². The van der Waals surface area contributed by atoms with Crippen molar-refractivity contribution in [2.24, 2.45) is 0 Å². The minimum atomic E-state index is -0.282. The van der Waals surface area contributed by atoms with E-state index in [-0.39, 0.29) is 11.6 Å². The molecule has 1 aromatic heterocycles. The number of nitrogens with zero attached hydrogens (tertiary/aromatic N) is 1. The number of methoxy groups -OCH3 is 1. The number of allylic oxidation sites excluding steroid dienone is 1. The molecule has 132 valence electrons. The van der Waals surface area contributed by atoms with Gasteiger partial charge in [0.1, 0.15) is 12.4 Å². The molecule has 3 aromatic rings. The van der Waals surface area contributed by atoms with Gasteiger partial charge in [-0.2, -0.15) is 0 Å². The molecule has 26 heavy (non-hydrogen) atoms. The van der Waals surface area contributed by atoms with E-state index in [2.05, 4.69) is 4.98 Å². The molecule has 4 nitrogen and oxygen atoms in total. The van der Waals surface area contributed by atoms with Gasteiger partial charge >= 0.3 is 0 Å². The summed E-state index contributed by atoms with van der Waals surface area (Å²) in [4.78, 5) is 16.5. The van der Waals surface area contributed by atoms with Crippen LogP contribution in [0, 0.1) is 5.82 Å². The molecule has 0 amide bonds. The van der Waals surface area contributed by atoms with Crippen molar-refractivity contribution in [1.29, 1.82) is 0 Å². The van der Waals surface area contributed by atoms with Crippen molar-refractivity contribution >= 4 is 23.2 Å². The average Bonchev–Trinajstić information content (AvgIpc) is 3.21. The second-order valence-corrected chi connectivity index (χ2v) is 6.28. The average molecular weight is 369 g/mol. The van der Waals surface area contributed by atoms with Gasteiger partial charge in [-0.1, -0.05) is 24.3 Å². The zero-order valence-electron chi connectivity index (χ0n) is 14.0. The van der Waals surface area contributed by atoms with E-state index in [0.29, 0.717) is 23.0 Å². The molecule has 0 fully saturated rings. The van der Waals surface area contributed by atoms with Crippen LogP contribution in [-0.2, 0) is 6.61 Å². The fraction of sp³-hybridized carbons (Fsp3) is 0.100. The van der Waals surface area contributed by atoms with Gasteiger partial charge in [-0.05, 0) is 41.5 Å². The van der Waals surface area contributed by atoms with Crippen LogP contribution >= 0.6 is 11.3 Å². The first kappa shape index (κ1) is 17.8. The molecule has 0 atom stereocenters. The zero-order valence-corrected chi connectivity index (χ0v) is 14.8. The molecule has 0 aliphatic heterocycles. The molecular formula is C20H16FNO3S. The molecule has 0 spiro atoms. The largest absolute Gasteiger partial charge is 0.493 e. The maximum absolute atomic E-state index is 12.9. The number of aromatic nitrogens is 1. The van der Waals surface area contributed by atoms with Crippen LogP contribution < -0.4 is 9.47 Å². The molecule has 3 rings (SSSR count). The summed E-state index contributed by atoms with van der Waals surface area (Å²) in [5.74, 6) is 0.751. The number of carbonyl (C=O) groups is 1. The number of thiazole rings is 1. The lowest BCUT2D eigenvalue weighted by Gasteiger charge is -2.11. The van der Waals surface area contributed by atoms with Crippen LogP contribution in [0.2, 0.25) is 0 Å². The van der Waals surface area contributed by atoms with Gasteiger partial charge in [0, 0.05) is 6.20 Å². The van der Waals surface area contributed by atoms with Gasteiger partial charge in [0.25, 0.3) is 0 Å². The van der Waals surface area contributed by atoms with Crippen LogP contribution in [0.3, 0.4) is 0 Å². The Bertz CT molecular complexity index is 905. The molecule has 0 unspecified atom stereocenters. The van der Waals surface area contributed by atoms with Gasteiger partial charge in [-0.3, -0.25) is 9.78 Å². The number of hydrogen-bond donors (Lipinski definition) is 0. The Balaban J connectivity index is 1.69. The van der Waals surface area contributed by atoms with Crippen molar-refractivity contribution in [2.45, 2.75) is 6.61 Å². The van der Waals surface area contributed by atoms with Crippen LogP contribution in [0.1, 0.15) is 20.8 Å². The minimum Gasteiger partial charge on any atom is -0.493 e. The molecule has 1 heterocycles. The van der Waals surface area contributed by atoms with Gasteiger partial charge in [0.2, 0.25) is 0 Å². The summed E-state index contributed by atoms with van der Waals surface area (Å²) in [6.45, 7) is 0.301. The smallest absolute Gasteiger partial charge is 0.197 e. The monoisotopic (exact) mass is 369 g/mol. The van der Waals surface area contributed by atoms with E-state index >= 15 is 0 Å². The van der Waals surface area contributed by atoms with Gasteiger partial charge < -0.3 is 9.47 Å². The molecular weight excluding hydrogens is 353 g/mol. The summed E-state index contributed by atoms with van der Waals surface area (Å²) < 4.78 is 24.0. The van der Waals surface area contributed by atoms with E-state index < -0.39 is 0 Å². The van der Waals surface area contributed by atoms with Crippen LogP contribution in [0.5, 0.6) is 11.5 Å². The SMILES string of the molecule is COc1cc(/C=C/C(=O)c2cncs2)ccc1OCc1ccc(F)cc1. The molecule has 0 aliphatic rings. The highest BCUT2D eigenvalue weighted by Gasteiger charge is 2.07. The summed E-state index contributed by atoms with van der Waals surface area (Å²) in [5, 5.41) is 0. The van der Waals surface area contributed by atoms with Crippen molar-refractivity contribution in [3.05, 3.63) is 82.1 Å². The molecule has 0 bridgehead atoms. The highest BCUT2D eigenvalue weighted by atomic mass is 32.1. The number of carbonyl (C=O) groups excluding carboxylic acids is 1. The standard InChI is InChI=1S/C20H16FNO3S/c1-24-19-10-14(4-8-17(23)20-11-22-13-26-20)5-9-18(19)25-12-15-2-6-16(21)7-3-15/h2-11,13H,12H2,1H3/b8-4+. The normalized spacial score (nSPS) is 10.8. The van der Waals surface area contributed by atoms with E-state index in [4.69, 9.17) is 9.47 Å². The second-order valence-electron chi connectivity index (χ2n) is 5.39. The Labute approximate surface area is 154 Å². The Hall–Kier alpha value is -2.99. The van der Waals surface area contributed by atoms with E-state index in [1.54, 1.807) is 49.2 Å². The molecule has 0 saturated heterocycles. The molecule has 0 saturated carbocycles. The van der Waals surface area contributed by atoms with Crippen molar-refractivity contribution < 1.29 is 18.7 Å². The van der Waals surface area contributed by atoms with E-state index in [1.807, 2.05) is 6.07 Å². The summed E-state index contributed by atoms with van der Waals surface area (Å²) in [5.41, 5.74) is 3.29. The van der Waals surface area contributed by atoms with Crippen LogP contribution in [0.4, 0.5) is 4.39 Å². The maximum Gasteiger partial charge on any atom is 0.197 e. The number of halogens is 1. The highest BCUT2D eigenvalue weighted by molar-refractivity contribution is 7.11. The van der Waals surface area contributed by atoms with Crippen LogP contribution in [0.25, 0.3) is 6.08 Å². The molecule has 2 aromatic carbocycles. The predicted octanol–water partition coefficient (Wildman–Crippen LogP) is 4.77. The zero-order chi connectivity index (χ0) is 18.4. The third-order valence-electron chi connectivity index (χ3n) is 3.60. The Morgan fingerprint density at radius 1 is 1.19 bits per heavy atom. The van der Waals surface area contributed by atoms with Gasteiger partial charge in [0.05, 0.1) is 17.5 Å². The first-order chi connectivity index (χ1) is 12.7. The number of ketones is 1. The van der Waals surface area contributed by atoms with Gasteiger partial charge in [0.15, 0.2) is 17.3 Å². The van der Waals surface area contributed by atoms with E-state index in [1.165, 1.54) is 29.5 Å². The quantitative estimate of drug-likeness (QED) is 0.445. The van der Waals surface area contributed by atoms with E-state index in [9.17, 15) is 9.18 Å². The third kappa shape index (κ3) is 4.55. The number of ether oxygens (including phenoxy) is 2. The van der Waals surface area contributed by atoms with E-state index in [0.717, 1.165) is 11.1 Å². The lowest BCUT2D eigenvalue weighted by molar-refractivity contribution is 0.105. The lowest BCUT2D eigenvalue weighted by Crippen LogP contribution is -1.98. The van der Waals surface area contributed by atoms with Crippen molar-refractivity contribution in [1.82, 2.24) is 4.98 Å². The fourth-order valence-electron chi connectivity index (χ4n) is 2.24.